The molecule has 0 aliphatic carbocycles. The second-order valence-electron chi connectivity index (χ2n) is 8.46. The second-order valence-corrected chi connectivity index (χ2v) is 10.0. The van der Waals surface area contributed by atoms with Crippen LogP contribution in [-0.4, -0.2) is 27.7 Å². The highest BCUT2D eigenvalue weighted by atomic mass is 35.5. The lowest BCUT2D eigenvalue weighted by molar-refractivity contribution is 0.579. The molecule has 6 nitrogen and oxygen atoms in total. The van der Waals surface area contributed by atoms with E-state index in [1.54, 1.807) is 35.7 Å². The Bertz CT molecular complexity index is 1680. The van der Waals surface area contributed by atoms with Crippen molar-refractivity contribution in [1.29, 1.82) is 0 Å². The minimum absolute atomic E-state index is 0.157. The van der Waals surface area contributed by atoms with Crippen LogP contribution in [0, 0.1) is 11.6 Å². The van der Waals surface area contributed by atoms with Gasteiger partial charge >= 0.3 is 0 Å². The van der Waals surface area contributed by atoms with E-state index in [-0.39, 0.29) is 17.8 Å². The van der Waals surface area contributed by atoms with Crippen LogP contribution in [0.3, 0.4) is 0 Å². The van der Waals surface area contributed by atoms with Gasteiger partial charge in [-0.25, -0.2) is 23.7 Å². The monoisotopic (exact) mass is 532 g/mol. The zero-order valence-corrected chi connectivity index (χ0v) is 21.1. The minimum Gasteiger partial charge on any atom is -0.324 e. The number of anilines is 2. The highest BCUT2D eigenvalue weighted by molar-refractivity contribution is 7.18. The normalized spacial score (nSPS) is 12.6. The lowest BCUT2D eigenvalue weighted by Gasteiger charge is -2.13. The molecule has 0 bridgehead atoms. The van der Waals surface area contributed by atoms with Gasteiger partial charge in [0.15, 0.2) is 0 Å². The van der Waals surface area contributed by atoms with E-state index in [9.17, 15) is 8.78 Å². The number of rotatable bonds is 5. The third-order valence-corrected chi connectivity index (χ3v) is 7.25. The first-order valence-electron chi connectivity index (χ1n) is 11.5. The van der Waals surface area contributed by atoms with Crippen molar-refractivity contribution in [1.82, 2.24) is 20.3 Å². The Morgan fingerprint density at radius 3 is 2.65 bits per heavy atom. The van der Waals surface area contributed by atoms with Gasteiger partial charge in [-0.05, 0) is 49.5 Å². The summed E-state index contributed by atoms with van der Waals surface area (Å²) in [4.78, 5) is 18.5. The van der Waals surface area contributed by atoms with E-state index in [1.807, 2.05) is 25.2 Å². The SMILES string of the molecule is CNCc1nc2cc(Nc3ncc4c(n3)-c3ccc(Cl)cc3C(c3c(F)cccc3F)=NC4)ccc2s1. The summed E-state index contributed by atoms with van der Waals surface area (Å²) in [6.45, 7) is 0.865. The van der Waals surface area contributed by atoms with E-state index < -0.39 is 11.6 Å². The van der Waals surface area contributed by atoms with Gasteiger partial charge in [0.05, 0.1) is 33.7 Å². The maximum absolute atomic E-state index is 14.8. The molecular weight excluding hydrogens is 514 g/mol. The molecular formula is C27H19ClF2N6S. The van der Waals surface area contributed by atoms with Gasteiger partial charge in [-0.3, -0.25) is 4.99 Å². The highest BCUT2D eigenvalue weighted by Gasteiger charge is 2.25. The van der Waals surface area contributed by atoms with Crippen LogP contribution in [0.15, 0.2) is 65.8 Å². The summed E-state index contributed by atoms with van der Waals surface area (Å²) in [7, 11) is 1.89. The van der Waals surface area contributed by atoms with Crippen LogP contribution in [0.25, 0.3) is 21.5 Å². The topological polar surface area (TPSA) is 75.1 Å². The average Bonchev–Trinajstić information content (AvgIpc) is 3.21. The number of thiazole rings is 1. The van der Waals surface area contributed by atoms with Crippen LogP contribution in [0.2, 0.25) is 5.02 Å². The Hall–Kier alpha value is -3.79. The Morgan fingerprint density at radius 1 is 1.00 bits per heavy atom. The Balaban J connectivity index is 1.41. The predicted octanol–water partition coefficient (Wildman–Crippen LogP) is 6.50. The standard InChI is InChI=1S/C27H19ClF2N6S/c1-31-13-23-35-21-10-16(6-8-22(21)37-23)34-27-33-12-14-11-32-26(24-19(29)3-2-4-20(24)30)18-9-15(28)5-7-17(18)25(14)36-27/h2-10,12,31H,11,13H2,1H3,(H,33,34,36). The fourth-order valence-corrected chi connectivity index (χ4v) is 5.46. The number of halogens is 3. The third kappa shape index (κ3) is 4.46. The van der Waals surface area contributed by atoms with Crippen molar-refractivity contribution in [2.75, 3.05) is 12.4 Å². The fraction of sp³-hybridized carbons (Fsp3) is 0.111. The molecule has 3 aromatic carbocycles. The van der Waals surface area contributed by atoms with Gasteiger partial charge in [-0.1, -0.05) is 23.7 Å². The number of nitrogens with one attached hydrogen (secondary N) is 2. The molecule has 6 rings (SSSR count). The first-order valence-corrected chi connectivity index (χ1v) is 12.7. The molecule has 0 saturated carbocycles. The maximum Gasteiger partial charge on any atom is 0.227 e. The Kier molecular flexibility index (Phi) is 6.11. The van der Waals surface area contributed by atoms with Gasteiger partial charge in [0.2, 0.25) is 5.95 Å². The summed E-state index contributed by atoms with van der Waals surface area (Å²) in [5.74, 6) is -1.01. The van der Waals surface area contributed by atoms with E-state index in [0.29, 0.717) is 34.3 Å². The largest absolute Gasteiger partial charge is 0.324 e. The molecule has 10 heteroatoms. The minimum atomic E-state index is -0.695. The lowest BCUT2D eigenvalue weighted by atomic mass is 9.95. The zero-order valence-electron chi connectivity index (χ0n) is 19.5. The summed E-state index contributed by atoms with van der Waals surface area (Å²) in [5.41, 5.74) is 4.19. The van der Waals surface area contributed by atoms with Crippen molar-refractivity contribution in [3.8, 4) is 11.3 Å². The van der Waals surface area contributed by atoms with Gasteiger partial charge in [0.1, 0.15) is 16.6 Å². The van der Waals surface area contributed by atoms with Gasteiger partial charge in [0.25, 0.3) is 0 Å². The second kappa shape index (κ2) is 9.59. The first-order chi connectivity index (χ1) is 18.0. The van der Waals surface area contributed by atoms with Gasteiger partial charge in [-0.15, -0.1) is 11.3 Å². The molecule has 0 spiro atoms. The first kappa shape index (κ1) is 23.6. The van der Waals surface area contributed by atoms with Gasteiger partial charge in [0, 0.05) is 40.1 Å². The van der Waals surface area contributed by atoms with Crippen molar-refractivity contribution >= 4 is 50.5 Å². The number of aromatic nitrogens is 3. The van der Waals surface area contributed by atoms with Crippen LogP contribution in [0.5, 0.6) is 0 Å². The van der Waals surface area contributed by atoms with E-state index in [0.717, 1.165) is 26.5 Å². The molecule has 37 heavy (non-hydrogen) atoms. The van der Waals surface area contributed by atoms with E-state index in [4.69, 9.17) is 16.6 Å². The number of benzene rings is 3. The smallest absolute Gasteiger partial charge is 0.227 e. The summed E-state index contributed by atoms with van der Waals surface area (Å²) in [5, 5.41) is 7.80. The predicted molar refractivity (Wildman–Crippen MR) is 144 cm³/mol. The number of fused-ring (bicyclic) bond motifs is 4. The van der Waals surface area contributed by atoms with E-state index in [2.05, 4.69) is 25.6 Å². The van der Waals surface area contributed by atoms with Crippen LogP contribution in [-0.2, 0) is 13.1 Å². The quantitative estimate of drug-likeness (QED) is 0.270. The van der Waals surface area contributed by atoms with Crippen LogP contribution in [0.4, 0.5) is 20.4 Å². The molecule has 2 aromatic heterocycles. The maximum atomic E-state index is 14.8. The molecule has 0 fully saturated rings. The molecule has 1 aliphatic rings. The highest BCUT2D eigenvalue weighted by Crippen LogP contribution is 2.35. The zero-order chi connectivity index (χ0) is 25.5. The Morgan fingerprint density at radius 2 is 1.84 bits per heavy atom. The lowest BCUT2D eigenvalue weighted by Crippen LogP contribution is -2.10. The molecule has 0 saturated heterocycles. The van der Waals surface area contributed by atoms with Crippen LogP contribution in [0.1, 0.15) is 21.7 Å². The fourth-order valence-electron chi connectivity index (χ4n) is 4.33. The molecule has 0 amide bonds. The summed E-state index contributed by atoms with van der Waals surface area (Å²) < 4.78 is 30.6. The number of hydrogen-bond donors (Lipinski definition) is 2. The number of hydrogen-bond acceptors (Lipinski definition) is 7. The molecule has 0 radical (unpaired) electrons. The van der Waals surface area contributed by atoms with Crippen LogP contribution >= 0.6 is 22.9 Å². The molecule has 0 atom stereocenters. The number of nitrogens with zero attached hydrogens (tertiary/aromatic N) is 4. The van der Waals surface area contributed by atoms with Gasteiger partial charge < -0.3 is 10.6 Å². The third-order valence-electron chi connectivity index (χ3n) is 5.98. The molecule has 0 unspecified atom stereocenters. The van der Waals surface area contributed by atoms with Crippen molar-refractivity contribution in [2.45, 2.75) is 13.1 Å². The molecule has 184 valence electrons. The summed E-state index contributed by atoms with van der Waals surface area (Å²) >= 11 is 7.94. The summed E-state index contributed by atoms with van der Waals surface area (Å²) in [6.07, 6.45) is 1.68. The Labute approximate surface area is 220 Å². The molecule has 5 aromatic rings. The number of aliphatic imine (C=N–C) groups is 1. The van der Waals surface area contributed by atoms with Gasteiger partial charge in [-0.2, -0.15) is 0 Å². The average molecular weight is 533 g/mol. The molecule has 2 N–H and O–H groups in total. The van der Waals surface area contributed by atoms with Crippen molar-refractivity contribution < 1.29 is 8.78 Å². The van der Waals surface area contributed by atoms with E-state index in [1.165, 1.54) is 18.2 Å². The summed E-state index contributed by atoms with van der Waals surface area (Å²) in [6, 6.07) is 14.8. The van der Waals surface area contributed by atoms with Crippen molar-refractivity contribution in [2.24, 2.45) is 4.99 Å². The van der Waals surface area contributed by atoms with Crippen LogP contribution < -0.4 is 10.6 Å². The van der Waals surface area contributed by atoms with Crippen molar-refractivity contribution in [3.05, 3.63) is 99.1 Å². The van der Waals surface area contributed by atoms with Crippen molar-refractivity contribution in [3.63, 3.8) is 0 Å². The molecule has 3 heterocycles. The van der Waals surface area contributed by atoms with E-state index >= 15 is 0 Å². The molecule has 1 aliphatic heterocycles.